The lowest BCUT2D eigenvalue weighted by Gasteiger charge is -2.26. The summed E-state index contributed by atoms with van der Waals surface area (Å²) in [5, 5.41) is 6.16. The standard InChI is InChI=1S/C21H26N2O2S/c1-15-6-9-18(10-7-15)23-21(24)11-8-17-4-3-5-20(12-17)25-13-19-14-26-16(2)22-19/h3-5,8,11-12,14-15,18H,6-7,9-10,13H2,1-2H3,(H,23,24)/b11-8-. The predicted octanol–water partition coefficient (Wildman–Crippen LogP) is 4.74. The van der Waals surface area contributed by atoms with Crippen LogP contribution in [0.15, 0.2) is 35.7 Å². The van der Waals surface area contributed by atoms with Crippen molar-refractivity contribution in [3.05, 3.63) is 52.0 Å². The summed E-state index contributed by atoms with van der Waals surface area (Å²) in [6.07, 6.45) is 8.01. The summed E-state index contributed by atoms with van der Waals surface area (Å²) >= 11 is 1.62. The Kier molecular flexibility index (Phi) is 6.45. The van der Waals surface area contributed by atoms with Gasteiger partial charge in [-0.05, 0) is 62.3 Å². The number of carbonyl (C=O) groups excluding carboxylic acids is 1. The first kappa shape index (κ1) is 18.6. The van der Waals surface area contributed by atoms with Gasteiger partial charge in [0, 0.05) is 17.5 Å². The summed E-state index contributed by atoms with van der Waals surface area (Å²) in [5.41, 5.74) is 1.89. The molecule has 0 radical (unpaired) electrons. The van der Waals surface area contributed by atoms with Crippen molar-refractivity contribution < 1.29 is 9.53 Å². The van der Waals surface area contributed by atoms with Crippen LogP contribution in [0.25, 0.3) is 6.08 Å². The lowest BCUT2D eigenvalue weighted by Crippen LogP contribution is -2.36. The lowest BCUT2D eigenvalue weighted by atomic mass is 9.87. The molecule has 4 nitrogen and oxygen atoms in total. The quantitative estimate of drug-likeness (QED) is 0.747. The van der Waals surface area contributed by atoms with E-state index in [9.17, 15) is 4.79 Å². The number of rotatable bonds is 6. The topological polar surface area (TPSA) is 51.2 Å². The van der Waals surface area contributed by atoms with E-state index in [0.717, 1.165) is 40.8 Å². The van der Waals surface area contributed by atoms with E-state index in [1.807, 2.05) is 42.6 Å². The van der Waals surface area contributed by atoms with Crippen LogP contribution in [0.2, 0.25) is 0 Å². The van der Waals surface area contributed by atoms with E-state index in [1.165, 1.54) is 12.8 Å². The second kappa shape index (κ2) is 8.99. The highest BCUT2D eigenvalue weighted by atomic mass is 32.1. The SMILES string of the molecule is Cc1nc(COc2cccc(/C=C\C(=O)NC3CCC(C)CC3)c2)cs1. The molecule has 26 heavy (non-hydrogen) atoms. The van der Waals surface area contributed by atoms with Crippen LogP contribution in [0.4, 0.5) is 0 Å². The van der Waals surface area contributed by atoms with Crippen LogP contribution in [-0.4, -0.2) is 16.9 Å². The molecular weight excluding hydrogens is 344 g/mol. The van der Waals surface area contributed by atoms with Gasteiger partial charge in [-0.3, -0.25) is 4.79 Å². The summed E-state index contributed by atoms with van der Waals surface area (Å²) in [5.74, 6) is 1.54. The number of hydrogen-bond donors (Lipinski definition) is 1. The van der Waals surface area contributed by atoms with Crippen LogP contribution < -0.4 is 10.1 Å². The van der Waals surface area contributed by atoms with Gasteiger partial charge in [-0.15, -0.1) is 11.3 Å². The fourth-order valence-electron chi connectivity index (χ4n) is 3.17. The number of ether oxygens (including phenoxy) is 1. The first-order valence-corrected chi connectivity index (χ1v) is 10.1. The Morgan fingerprint density at radius 1 is 1.35 bits per heavy atom. The summed E-state index contributed by atoms with van der Waals surface area (Å²) in [6, 6.07) is 8.07. The van der Waals surface area contributed by atoms with Gasteiger partial charge in [-0.2, -0.15) is 0 Å². The Hall–Kier alpha value is -2.14. The van der Waals surface area contributed by atoms with E-state index in [1.54, 1.807) is 17.4 Å². The maximum absolute atomic E-state index is 12.1. The zero-order valence-electron chi connectivity index (χ0n) is 15.4. The van der Waals surface area contributed by atoms with Gasteiger partial charge in [0.25, 0.3) is 0 Å². The molecule has 0 aliphatic heterocycles. The molecule has 1 amide bonds. The fraction of sp³-hybridized carbons (Fsp3) is 0.429. The lowest BCUT2D eigenvalue weighted by molar-refractivity contribution is -0.117. The van der Waals surface area contributed by atoms with Crippen molar-refractivity contribution in [3.8, 4) is 5.75 Å². The van der Waals surface area contributed by atoms with Crippen molar-refractivity contribution in [1.29, 1.82) is 0 Å². The number of benzene rings is 1. The van der Waals surface area contributed by atoms with Gasteiger partial charge in [0.15, 0.2) is 0 Å². The van der Waals surface area contributed by atoms with E-state index >= 15 is 0 Å². The number of aryl methyl sites for hydroxylation is 1. The van der Waals surface area contributed by atoms with E-state index in [0.29, 0.717) is 12.6 Å². The highest BCUT2D eigenvalue weighted by Crippen LogP contribution is 2.23. The van der Waals surface area contributed by atoms with Crippen LogP contribution in [0, 0.1) is 12.8 Å². The van der Waals surface area contributed by atoms with Crippen molar-refractivity contribution in [1.82, 2.24) is 10.3 Å². The first-order valence-electron chi connectivity index (χ1n) is 9.21. The summed E-state index contributed by atoms with van der Waals surface area (Å²) in [4.78, 5) is 16.5. The molecule has 1 aromatic carbocycles. The van der Waals surface area contributed by atoms with Crippen LogP contribution in [-0.2, 0) is 11.4 Å². The Balaban J connectivity index is 1.50. The summed E-state index contributed by atoms with van der Waals surface area (Å²) < 4.78 is 5.79. The third-order valence-corrected chi connectivity index (χ3v) is 5.52. The molecule has 2 aromatic rings. The van der Waals surface area contributed by atoms with E-state index in [-0.39, 0.29) is 5.91 Å². The third-order valence-electron chi connectivity index (χ3n) is 4.70. The van der Waals surface area contributed by atoms with E-state index in [4.69, 9.17) is 4.74 Å². The second-order valence-electron chi connectivity index (χ2n) is 7.02. The molecule has 138 valence electrons. The molecule has 0 saturated heterocycles. The van der Waals surface area contributed by atoms with Gasteiger partial charge >= 0.3 is 0 Å². The van der Waals surface area contributed by atoms with Gasteiger partial charge in [0.2, 0.25) is 5.91 Å². The molecule has 1 fully saturated rings. The van der Waals surface area contributed by atoms with Gasteiger partial charge in [-0.1, -0.05) is 19.1 Å². The van der Waals surface area contributed by atoms with Gasteiger partial charge in [0.1, 0.15) is 12.4 Å². The van der Waals surface area contributed by atoms with Gasteiger partial charge in [-0.25, -0.2) is 4.98 Å². The van der Waals surface area contributed by atoms with Gasteiger partial charge < -0.3 is 10.1 Å². The highest BCUT2D eigenvalue weighted by Gasteiger charge is 2.18. The van der Waals surface area contributed by atoms with Crippen molar-refractivity contribution >= 4 is 23.3 Å². The van der Waals surface area contributed by atoms with E-state index < -0.39 is 0 Å². The van der Waals surface area contributed by atoms with Crippen molar-refractivity contribution in [3.63, 3.8) is 0 Å². The normalized spacial score (nSPS) is 20.2. The number of thiazole rings is 1. The Morgan fingerprint density at radius 2 is 2.15 bits per heavy atom. The largest absolute Gasteiger partial charge is 0.487 e. The maximum atomic E-state index is 12.1. The molecule has 0 atom stereocenters. The molecule has 0 bridgehead atoms. The minimum atomic E-state index is -0.0196. The monoisotopic (exact) mass is 370 g/mol. The minimum absolute atomic E-state index is 0.0196. The molecular formula is C21H26N2O2S. The number of aromatic nitrogens is 1. The average molecular weight is 371 g/mol. The van der Waals surface area contributed by atoms with Gasteiger partial charge in [0.05, 0.1) is 10.7 Å². The fourth-order valence-corrected chi connectivity index (χ4v) is 3.76. The van der Waals surface area contributed by atoms with E-state index in [2.05, 4.69) is 17.2 Å². The third kappa shape index (κ3) is 5.70. The number of amides is 1. The Bertz CT molecular complexity index is 761. The summed E-state index contributed by atoms with van der Waals surface area (Å²) in [6.45, 7) is 4.72. The zero-order valence-corrected chi connectivity index (χ0v) is 16.2. The number of carbonyl (C=O) groups is 1. The summed E-state index contributed by atoms with van der Waals surface area (Å²) in [7, 11) is 0. The molecule has 5 heteroatoms. The molecule has 1 aliphatic carbocycles. The predicted molar refractivity (Wildman–Crippen MR) is 106 cm³/mol. The van der Waals surface area contributed by atoms with Crippen molar-refractivity contribution in [2.45, 2.75) is 52.2 Å². The molecule has 1 N–H and O–H groups in total. The second-order valence-corrected chi connectivity index (χ2v) is 8.08. The smallest absolute Gasteiger partial charge is 0.244 e. The Morgan fingerprint density at radius 3 is 2.88 bits per heavy atom. The Labute approximate surface area is 159 Å². The highest BCUT2D eigenvalue weighted by molar-refractivity contribution is 7.09. The number of hydrogen-bond acceptors (Lipinski definition) is 4. The molecule has 1 aromatic heterocycles. The van der Waals surface area contributed by atoms with Crippen LogP contribution in [0.5, 0.6) is 5.75 Å². The maximum Gasteiger partial charge on any atom is 0.244 e. The molecule has 1 aliphatic rings. The molecule has 1 saturated carbocycles. The molecule has 0 unspecified atom stereocenters. The van der Waals surface area contributed by atoms with Crippen molar-refractivity contribution in [2.24, 2.45) is 5.92 Å². The molecule has 1 heterocycles. The number of nitrogens with zero attached hydrogens (tertiary/aromatic N) is 1. The number of nitrogens with one attached hydrogen (secondary N) is 1. The minimum Gasteiger partial charge on any atom is -0.487 e. The van der Waals surface area contributed by atoms with Crippen LogP contribution in [0.1, 0.15) is 48.9 Å². The molecule has 3 rings (SSSR count). The van der Waals surface area contributed by atoms with Crippen LogP contribution in [0.3, 0.4) is 0 Å². The molecule has 0 spiro atoms. The van der Waals surface area contributed by atoms with Crippen molar-refractivity contribution in [2.75, 3.05) is 0 Å². The average Bonchev–Trinajstić information content (AvgIpc) is 3.06. The van der Waals surface area contributed by atoms with Crippen LogP contribution >= 0.6 is 11.3 Å². The zero-order chi connectivity index (χ0) is 18.4. The first-order chi connectivity index (χ1) is 12.6.